The molecule has 1 heterocycles. The van der Waals surface area contributed by atoms with E-state index >= 15 is 0 Å². The molecule has 5 rings (SSSR count). The molecule has 3 N–H and O–H groups in total. The molecule has 0 atom stereocenters. The van der Waals surface area contributed by atoms with Gasteiger partial charge in [0.15, 0.2) is 6.61 Å². The van der Waals surface area contributed by atoms with Crippen LogP contribution in [0.1, 0.15) is 20.7 Å². The van der Waals surface area contributed by atoms with E-state index in [1.807, 2.05) is 60.7 Å². The molecule has 7 heteroatoms. The monoisotopic (exact) mass is 475 g/mol. The molecule has 0 aliphatic rings. The molecule has 0 bridgehead atoms. The lowest BCUT2D eigenvalue weighted by Gasteiger charge is -2.12. The van der Waals surface area contributed by atoms with Gasteiger partial charge in [-0.1, -0.05) is 72.8 Å². The van der Waals surface area contributed by atoms with Gasteiger partial charge in [0.1, 0.15) is 0 Å². The summed E-state index contributed by atoms with van der Waals surface area (Å²) in [6.07, 6.45) is 0. The van der Waals surface area contributed by atoms with E-state index in [4.69, 9.17) is 15.5 Å². The highest BCUT2D eigenvalue weighted by Crippen LogP contribution is 2.30. The number of ether oxygens (including phenoxy) is 1. The molecule has 0 aliphatic heterocycles. The van der Waals surface area contributed by atoms with Crippen LogP contribution in [0.5, 0.6) is 0 Å². The average Bonchev–Trinajstić information content (AvgIpc) is 2.91. The minimum atomic E-state index is -0.674. The van der Waals surface area contributed by atoms with Crippen molar-refractivity contribution in [2.24, 2.45) is 5.73 Å². The molecule has 7 nitrogen and oxygen atoms in total. The quantitative estimate of drug-likeness (QED) is 0.338. The van der Waals surface area contributed by atoms with Crippen LogP contribution in [0.4, 0.5) is 5.69 Å². The second-order valence-electron chi connectivity index (χ2n) is 8.13. The molecular weight excluding hydrogens is 454 g/mol. The summed E-state index contributed by atoms with van der Waals surface area (Å²) < 4.78 is 5.35. The summed E-state index contributed by atoms with van der Waals surface area (Å²) in [6, 6.07) is 29.2. The molecule has 0 aliphatic carbocycles. The van der Waals surface area contributed by atoms with Crippen LogP contribution in [0.25, 0.3) is 32.9 Å². The zero-order valence-electron chi connectivity index (χ0n) is 19.1. The maximum Gasteiger partial charge on any atom is 0.339 e. The number of aromatic nitrogens is 1. The van der Waals surface area contributed by atoms with E-state index in [0.717, 1.165) is 16.3 Å². The summed E-state index contributed by atoms with van der Waals surface area (Å²) in [5.74, 6) is -1.93. The van der Waals surface area contributed by atoms with E-state index in [1.54, 1.807) is 30.3 Å². The van der Waals surface area contributed by atoms with Crippen molar-refractivity contribution in [3.8, 4) is 11.3 Å². The summed E-state index contributed by atoms with van der Waals surface area (Å²) in [5, 5.41) is 5.25. The number of esters is 1. The first-order valence-corrected chi connectivity index (χ1v) is 11.2. The molecule has 36 heavy (non-hydrogen) atoms. The van der Waals surface area contributed by atoms with E-state index in [9.17, 15) is 14.4 Å². The number of rotatable bonds is 6. The largest absolute Gasteiger partial charge is 0.452 e. The van der Waals surface area contributed by atoms with Crippen LogP contribution in [0.15, 0.2) is 97.1 Å². The number of carbonyl (C=O) groups is 3. The number of nitrogens with one attached hydrogen (secondary N) is 1. The number of anilines is 1. The van der Waals surface area contributed by atoms with Crippen LogP contribution < -0.4 is 11.1 Å². The van der Waals surface area contributed by atoms with Gasteiger partial charge in [0, 0.05) is 10.9 Å². The Balaban J connectivity index is 1.44. The highest BCUT2D eigenvalue weighted by atomic mass is 16.5. The summed E-state index contributed by atoms with van der Waals surface area (Å²) in [4.78, 5) is 42.0. The van der Waals surface area contributed by atoms with Gasteiger partial charge in [-0.05, 0) is 35.0 Å². The number of nitrogens with two attached hydrogens (primary N) is 1. The van der Waals surface area contributed by atoms with Crippen LogP contribution in [0.3, 0.4) is 0 Å². The molecule has 176 valence electrons. The number of para-hydroxylation sites is 2. The van der Waals surface area contributed by atoms with E-state index in [1.165, 1.54) is 6.07 Å². The van der Waals surface area contributed by atoms with Crippen LogP contribution >= 0.6 is 0 Å². The number of nitrogens with zero attached hydrogens (tertiary/aromatic N) is 1. The Kier molecular flexibility index (Phi) is 6.11. The lowest BCUT2D eigenvalue weighted by molar-refractivity contribution is -0.119. The number of benzene rings is 4. The van der Waals surface area contributed by atoms with Crippen molar-refractivity contribution in [1.29, 1.82) is 0 Å². The van der Waals surface area contributed by atoms with Gasteiger partial charge < -0.3 is 15.8 Å². The second kappa shape index (κ2) is 9.68. The lowest BCUT2D eigenvalue weighted by Crippen LogP contribution is -2.23. The zero-order valence-corrected chi connectivity index (χ0v) is 19.1. The van der Waals surface area contributed by atoms with E-state index in [0.29, 0.717) is 22.2 Å². The summed E-state index contributed by atoms with van der Waals surface area (Å²) in [7, 11) is 0. The van der Waals surface area contributed by atoms with Gasteiger partial charge >= 0.3 is 5.97 Å². The molecule has 0 fully saturated rings. The second-order valence-corrected chi connectivity index (χ2v) is 8.13. The number of hydrogen-bond acceptors (Lipinski definition) is 5. The third kappa shape index (κ3) is 4.50. The van der Waals surface area contributed by atoms with E-state index < -0.39 is 24.4 Å². The third-order valence-corrected chi connectivity index (χ3v) is 5.80. The minimum Gasteiger partial charge on any atom is -0.452 e. The first kappa shape index (κ1) is 22.7. The Morgan fingerprint density at radius 3 is 2.31 bits per heavy atom. The first-order valence-electron chi connectivity index (χ1n) is 11.2. The number of hydrogen-bond donors (Lipinski definition) is 2. The average molecular weight is 476 g/mol. The van der Waals surface area contributed by atoms with Crippen molar-refractivity contribution in [2.45, 2.75) is 0 Å². The zero-order chi connectivity index (χ0) is 25.1. The van der Waals surface area contributed by atoms with Crippen molar-refractivity contribution in [2.75, 3.05) is 11.9 Å². The predicted octanol–water partition coefficient (Wildman–Crippen LogP) is 4.95. The predicted molar refractivity (Wildman–Crippen MR) is 139 cm³/mol. The highest BCUT2D eigenvalue weighted by molar-refractivity contribution is 6.07. The SMILES string of the molecule is NC(=O)c1ccccc1NC(=O)COC(=O)c1cc(-c2cccc3ccccc23)nc2ccccc12. The molecule has 2 amide bonds. The maximum absolute atomic E-state index is 13.1. The van der Waals surface area contributed by atoms with Gasteiger partial charge in [0.2, 0.25) is 0 Å². The molecular formula is C29H21N3O4. The Morgan fingerprint density at radius 1 is 0.778 bits per heavy atom. The van der Waals surface area contributed by atoms with Gasteiger partial charge in [0.05, 0.1) is 28.0 Å². The molecule has 0 radical (unpaired) electrons. The highest BCUT2D eigenvalue weighted by Gasteiger charge is 2.18. The Labute approximate surface area is 206 Å². The van der Waals surface area contributed by atoms with Gasteiger partial charge in [-0.2, -0.15) is 0 Å². The van der Waals surface area contributed by atoms with Crippen LogP contribution in [-0.4, -0.2) is 29.4 Å². The van der Waals surface area contributed by atoms with Gasteiger partial charge in [-0.15, -0.1) is 0 Å². The molecule has 0 saturated carbocycles. The van der Waals surface area contributed by atoms with Gasteiger partial charge in [-0.25, -0.2) is 9.78 Å². The van der Waals surface area contributed by atoms with Crippen molar-refractivity contribution in [1.82, 2.24) is 4.98 Å². The molecule has 0 spiro atoms. The standard InChI is InChI=1S/C29H21N3O4/c30-28(34)22-12-4-6-15-25(22)32-27(33)17-36-29(35)23-16-26(31-24-14-5-3-11-21(23)24)20-13-7-9-18-8-1-2-10-19(18)20/h1-16H,17H2,(H2,30,34)(H,32,33). The number of carbonyl (C=O) groups excluding carboxylic acids is 3. The molecule has 4 aromatic carbocycles. The number of pyridine rings is 1. The fourth-order valence-electron chi connectivity index (χ4n) is 4.13. The Bertz CT molecular complexity index is 1640. The molecule has 5 aromatic rings. The summed E-state index contributed by atoms with van der Waals surface area (Å²) in [5.41, 5.74) is 8.21. The Morgan fingerprint density at radius 2 is 1.47 bits per heavy atom. The first-order chi connectivity index (χ1) is 17.5. The van der Waals surface area contributed by atoms with Crippen LogP contribution in [0, 0.1) is 0 Å². The smallest absolute Gasteiger partial charge is 0.339 e. The summed E-state index contributed by atoms with van der Waals surface area (Å²) >= 11 is 0. The van der Waals surface area contributed by atoms with Crippen LogP contribution in [0.2, 0.25) is 0 Å². The third-order valence-electron chi connectivity index (χ3n) is 5.80. The van der Waals surface area contributed by atoms with Gasteiger partial charge in [-0.3, -0.25) is 9.59 Å². The van der Waals surface area contributed by atoms with E-state index in [2.05, 4.69) is 5.32 Å². The Hall–Kier alpha value is -5.04. The minimum absolute atomic E-state index is 0.164. The fourth-order valence-corrected chi connectivity index (χ4v) is 4.13. The normalized spacial score (nSPS) is 10.8. The number of amides is 2. The maximum atomic E-state index is 13.1. The topological polar surface area (TPSA) is 111 Å². The van der Waals surface area contributed by atoms with Crippen molar-refractivity contribution in [3.63, 3.8) is 0 Å². The number of primary amides is 1. The fraction of sp³-hybridized carbons (Fsp3) is 0.0345. The van der Waals surface area contributed by atoms with Crippen molar-refractivity contribution in [3.05, 3.63) is 108 Å². The molecule has 0 saturated heterocycles. The van der Waals surface area contributed by atoms with Crippen LogP contribution in [-0.2, 0) is 9.53 Å². The lowest BCUT2D eigenvalue weighted by atomic mass is 9.99. The molecule has 0 unspecified atom stereocenters. The number of fused-ring (bicyclic) bond motifs is 2. The van der Waals surface area contributed by atoms with E-state index in [-0.39, 0.29) is 11.3 Å². The van der Waals surface area contributed by atoms with Gasteiger partial charge in [0.25, 0.3) is 11.8 Å². The van der Waals surface area contributed by atoms with Crippen molar-refractivity contribution < 1.29 is 19.1 Å². The summed E-state index contributed by atoms with van der Waals surface area (Å²) in [6.45, 7) is -0.536. The van der Waals surface area contributed by atoms with Crippen molar-refractivity contribution >= 4 is 45.1 Å². The molecule has 1 aromatic heterocycles.